The van der Waals surface area contributed by atoms with Crippen LogP contribution in [0.2, 0.25) is 0 Å². The fourth-order valence-corrected chi connectivity index (χ4v) is 2.58. The van der Waals surface area contributed by atoms with Gasteiger partial charge in [0.1, 0.15) is 0 Å². The molecule has 0 heterocycles. The molecule has 0 atom stereocenters. The van der Waals surface area contributed by atoms with Gasteiger partial charge in [0.2, 0.25) is 12.8 Å². The minimum atomic E-state index is -0.448. The van der Waals surface area contributed by atoms with E-state index >= 15 is 0 Å². The van der Waals surface area contributed by atoms with Crippen molar-refractivity contribution >= 4 is 18.5 Å². The Morgan fingerprint density at radius 3 is 2.23 bits per heavy atom. The minimum absolute atomic E-state index is 0.0399. The Bertz CT molecular complexity index is 566. The number of carbonyl (C=O) groups excluding carboxylic acids is 2. The van der Waals surface area contributed by atoms with Crippen molar-refractivity contribution in [3.8, 4) is 5.75 Å². The zero-order valence-electron chi connectivity index (χ0n) is 15.0. The van der Waals surface area contributed by atoms with E-state index in [1.54, 1.807) is 12.1 Å². The van der Waals surface area contributed by atoms with Crippen LogP contribution in [0.5, 0.6) is 5.75 Å². The molecule has 9 nitrogen and oxygen atoms in total. The van der Waals surface area contributed by atoms with Crippen LogP contribution in [0.25, 0.3) is 0 Å². The first-order valence-corrected chi connectivity index (χ1v) is 8.50. The van der Waals surface area contributed by atoms with Crippen molar-refractivity contribution in [1.29, 1.82) is 0 Å². The molecule has 0 bridgehead atoms. The first-order chi connectivity index (χ1) is 12.6. The molecule has 0 fully saturated rings. The van der Waals surface area contributed by atoms with Crippen molar-refractivity contribution in [2.45, 2.75) is 19.3 Å². The van der Waals surface area contributed by atoms with Crippen molar-refractivity contribution in [3.05, 3.63) is 33.9 Å². The van der Waals surface area contributed by atoms with Crippen LogP contribution in [0.3, 0.4) is 0 Å². The third-order valence-corrected chi connectivity index (χ3v) is 3.91. The lowest BCUT2D eigenvalue weighted by atomic mass is 10.1. The lowest BCUT2D eigenvalue weighted by Gasteiger charge is -2.22. The average molecular weight is 366 g/mol. The number of carbonyl (C=O) groups is 2. The molecule has 0 aromatic heterocycles. The first kappa shape index (κ1) is 21.4. The van der Waals surface area contributed by atoms with E-state index in [1.165, 1.54) is 7.11 Å². The molecule has 0 aliphatic heterocycles. The molecule has 0 saturated heterocycles. The summed E-state index contributed by atoms with van der Waals surface area (Å²) in [5, 5.41) is 16.4. The Morgan fingerprint density at radius 2 is 1.73 bits per heavy atom. The summed E-state index contributed by atoms with van der Waals surface area (Å²) in [7, 11) is 1.41. The van der Waals surface area contributed by atoms with Crippen LogP contribution in [0.1, 0.15) is 18.4 Å². The lowest BCUT2D eigenvalue weighted by molar-refractivity contribution is -0.385. The van der Waals surface area contributed by atoms with Gasteiger partial charge in [0.25, 0.3) is 0 Å². The number of hydrogen-bond acceptors (Lipinski definition) is 6. The topological polar surface area (TPSA) is 114 Å². The second-order valence-electron chi connectivity index (χ2n) is 5.71. The Balaban J connectivity index is 2.61. The Morgan fingerprint density at radius 1 is 1.12 bits per heavy atom. The second kappa shape index (κ2) is 12.6. The van der Waals surface area contributed by atoms with Crippen molar-refractivity contribution < 1.29 is 19.2 Å². The van der Waals surface area contributed by atoms with E-state index in [0.717, 1.165) is 38.0 Å². The molecular weight excluding hydrogens is 340 g/mol. The van der Waals surface area contributed by atoms with Gasteiger partial charge < -0.3 is 20.3 Å². The molecule has 2 N–H and O–H groups in total. The maximum Gasteiger partial charge on any atom is 0.311 e. The molecule has 26 heavy (non-hydrogen) atoms. The van der Waals surface area contributed by atoms with E-state index < -0.39 is 4.92 Å². The molecule has 1 rings (SSSR count). The Hall–Kier alpha value is -2.68. The summed E-state index contributed by atoms with van der Waals surface area (Å²) in [5.74, 6) is 0.246. The maximum absolute atomic E-state index is 11.1. The number of nitrogens with zero attached hydrogens (tertiary/aromatic N) is 2. The quantitative estimate of drug-likeness (QED) is 0.205. The maximum atomic E-state index is 11.1. The molecule has 0 saturated carbocycles. The van der Waals surface area contributed by atoms with Crippen LogP contribution in [-0.4, -0.2) is 62.5 Å². The van der Waals surface area contributed by atoms with Gasteiger partial charge in [-0.05, 0) is 44.0 Å². The Labute approximate surface area is 152 Å². The smallest absolute Gasteiger partial charge is 0.311 e. The van der Waals surface area contributed by atoms with Gasteiger partial charge >= 0.3 is 5.69 Å². The van der Waals surface area contributed by atoms with Crippen molar-refractivity contribution in [2.24, 2.45) is 0 Å². The van der Waals surface area contributed by atoms with Gasteiger partial charge in [0.15, 0.2) is 5.75 Å². The molecule has 1 aromatic carbocycles. The fourth-order valence-electron chi connectivity index (χ4n) is 2.58. The molecule has 0 aliphatic carbocycles. The number of benzene rings is 1. The summed E-state index contributed by atoms with van der Waals surface area (Å²) in [5.41, 5.74) is 0.821. The van der Waals surface area contributed by atoms with E-state index in [9.17, 15) is 19.7 Å². The van der Waals surface area contributed by atoms with E-state index in [1.807, 2.05) is 6.07 Å². The van der Waals surface area contributed by atoms with Crippen LogP contribution in [0.4, 0.5) is 5.69 Å². The number of nitro benzene ring substituents is 1. The molecule has 0 radical (unpaired) electrons. The zero-order valence-corrected chi connectivity index (χ0v) is 15.0. The highest BCUT2D eigenvalue weighted by molar-refractivity contribution is 5.48. The number of methoxy groups -OCH3 is 1. The zero-order chi connectivity index (χ0) is 19.2. The minimum Gasteiger partial charge on any atom is -0.490 e. The number of nitro groups is 1. The van der Waals surface area contributed by atoms with Crippen LogP contribution < -0.4 is 15.4 Å². The molecule has 0 aliphatic rings. The van der Waals surface area contributed by atoms with E-state index in [-0.39, 0.29) is 11.4 Å². The summed E-state index contributed by atoms with van der Waals surface area (Å²) in [4.78, 5) is 33.5. The van der Waals surface area contributed by atoms with Crippen molar-refractivity contribution in [2.75, 3.05) is 39.8 Å². The lowest BCUT2D eigenvalue weighted by Crippen LogP contribution is -2.32. The number of rotatable bonds is 15. The number of hydrogen-bond donors (Lipinski definition) is 2. The van der Waals surface area contributed by atoms with Gasteiger partial charge in [0, 0.05) is 25.7 Å². The van der Waals surface area contributed by atoms with Crippen LogP contribution in [-0.2, 0) is 16.0 Å². The largest absolute Gasteiger partial charge is 0.490 e. The fraction of sp³-hybridized carbons (Fsp3) is 0.529. The predicted octanol–water partition coefficient (Wildman–Crippen LogP) is 0.720. The Kier molecular flexibility index (Phi) is 10.4. The highest BCUT2D eigenvalue weighted by atomic mass is 16.6. The van der Waals surface area contributed by atoms with Crippen molar-refractivity contribution in [3.63, 3.8) is 0 Å². The van der Waals surface area contributed by atoms with E-state index in [2.05, 4.69) is 15.5 Å². The number of ether oxygens (including phenoxy) is 1. The summed E-state index contributed by atoms with van der Waals surface area (Å²) < 4.78 is 5.02. The highest BCUT2D eigenvalue weighted by Crippen LogP contribution is 2.27. The number of amides is 2. The highest BCUT2D eigenvalue weighted by Gasteiger charge is 2.15. The predicted molar refractivity (Wildman–Crippen MR) is 97.2 cm³/mol. The summed E-state index contributed by atoms with van der Waals surface area (Å²) >= 11 is 0. The van der Waals surface area contributed by atoms with Crippen LogP contribution >= 0.6 is 0 Å². The molecule has 1 aromatic rings. The SMILES string of the molecule is COc1ccc(CCN(CCCNC=O)CCCNC=O)cc1[N+](=O)[O-]. The summed E-state index contributed by atoms with van der Waals surface area (Å²) in [6.07, 6.45) is 3.63. The molecular formula is C17H26N4O5. The normalized spacial score (nSPS) is 10.4. The first-order valence-electron chi connectivity index (χ1n) is 8.50. The molecule has 0 spiro atoms. The molecule has 9 heteroatoms. The van der Waals surface area contributed by atoms with Gasteiger partial charge in [0.05, 0.1) is 12.0 Å². The monoisotopic (exact) mass is 366 g/mol. The molecule has 2 amide bonds. The third kappa shape index (κ3) is 7.93. The third-order valence-electron chi connectivity index (χ3n) is 3.91. The molecule has 0 unspecified atom stereocenters. The van der Waals surface area contributed by atoms with Crippen molar-refractivity contribution in [1.82, 2.24) is 15.5 Å². The summed E-state index contributed by atoms with van der Waals surface area (Å²) in [6, 6.07) is 4.98. The van der Waals surface area contributed by atoms with Crippen LogP contribution in [0, 0.1) is 10.1 Å². The number of nitrogens with one attached hydrogen (secondary N) is 2. The van der Waals surface area contributed by atoms with Gasteiger partial charge in [-0.1, -0.05) is 6.07 Å². The van der Waals surface area contributed by atoms with Gasteiger partial charge in [-0.15, -0.1) is 0 Å². The second-order valence-corrected chi connectivity index (χ2v) is 5.71. The van der Waals surface area contributed by atoms with E-state index in [0.29, 0.717) is 32.3 Å². The van der Waals surface area contributed by atoms with Crippen LogP contribution in [0.15, 0.2) is 18.2 Å². The molecule has 144 valence electrons. The van der Waals surface area contributed by atoms with Gasteiger partial charge in [-0.2, -0.15) is 0 Å². The standard InChI is InChI=1S/C17H26N4O5/c1-26-17-5-4-15(12-16(17)21(24)25)6-11-20(9-2-7-18-13-22)10-3-8-19-14-23/h4-5,12-14H,2-3,6-11H2,1H3,(H,18,22)(H,19,23). The van der Waals surface area contributed by atoms with Gasteiger partial charge in [-0.25, -0.2) is 0 Å². The van der Waals surface area contributed by atoms with E-state index in [4.69, 9.17) is 4.74 Å². The summed E-state index contributed by atoms with van der Waals surface area (Å²) in [6.45, 7) is 3.51. The van der Waals surface area contributed by atoms with Gasteiger partial charge in [-0.3, -0.25) is 19.7 Å². The average Bonchev–Trinajstić information content (AvgIpc) is 2.65.